The first-order chi connectivity index (χ1) is 8.95. The number of likely N-dealkylation sites (tertiary alicyclic amines) is 1. The van der Waals surface area contributed by atoms with Crippen LogP contribution in [0.15, 0.2) is 12.1 Å². The Labute approximate surface area is 115 Å². The van der Waals surface area contributed by atoms with Crippen molar-refractivity contribution in [3.8, 4) is 0 Å². The Morgan fingerprint density at radius 1 is 1.58 bits per heavy atom. The van der Waals surface area contributed by atoms with Gasteiger partial charge in [0, 0.05) is 17.1 Å². The van der Waals surface area contributed by atoms with Crippen molar-refractivity contribution in [1.29, 1.82) is 0 Å². The largest absolute Gasteiger partial charge is 0.392 e. The van der Waals surface area contributed by atoms with Crippen LogP contribution in [0.4, 0.5) is 4.39 Å². The average Bonchev–Trinajstić information content (AvgIpc) is 2.68. The second-order valence-electron chi connectivity index (χ2n) is 4.63. The van der Waals surface area contributed by atoms with E-state index in [0.29, 0.717) is 24.1 Å². The van der Waals surface area contributed by atoms with Crippen molar-refractivity contribution >= 4 is 17.5 Å². The molecule has 0 spiro atoms. The molecule has 4 nitrogen and oxygen atoms in total. The number of carbonyl (C=O) groups is 1. The van der Waals surface area contributed by atoms with Gasteiger partial charge in [-0.3, -0.25) is 4.79 Å². The number of hydrogen-bond donors (Lipinski definition) is 2. The molecule has 19 heavy (non-hydrogen) atoms. The van der Waals surface area contributed by atoms with E-state index in [0.717, 1.165) is 6.07 Å². The third-order valence-electron chi connectivity index (χ3n) is 3.48. The van der Waals surface area contributed by atoms with E-state index in [1.807, 2.05) is 0 Å². The van der Waals surface area contributed by atoms with Gasteiger partial charge in [-0.2, -0.15) is 0 Å². The quantitative estimate of drug-likeness (QED) is 0.888. The van der Waals surface area contributed by atoms with Crippen LogP contribution in [0, 0.1) is 5.82 Å². The number of nitrogens with zero attached hydrogens (tertiary/aromatic N) is 1. The van der Waals surface area contributed by atoms with Gasteiger partial charge in [-0.05, 0) is 31.0 Å². The zero-order valence-corrected chi connectivity index (χ0v) is 11.2. The highest BCUT2D eigenvalue weighted by molar-refractivity contribution is 6.31. The summed E-state index contributed by atoms with van der Waals surface area (Å²) in [6, 6.07) is 1.95. The Bertz CT molecular complexity index is 509. The van der Waals surface area contributed by atoms with E-state index >= 15 is 0 Å². The maximum Gasteiger partial charge on any atom is 0.251 e. The maximum atomic E-state index is 13.4. The Hall–Kier alpha value is -1.17. The summed E-state index contributed by atoms with van der Waals surface area (Å²) in [4.78, 5) is 13.2. The molecule has 0 saturated carbocycles. The predicted molar refractivity (Wildman–Crippen MR) is 68.1 cm³/mol. The number of aliphatic hydroxyl groups excluding tert-OH is 2. The van der Waals surface area contributed by atoms with Gasteiger partial charge in [0.2, 0.25) is 0 Å². The van der Waals surface area contributed by atoms with E-state index in [2.05, 4.69) is 0 Å². The second kappa shape index (κ2) is 5.45. The molecule has 2 N–H and O–H groups in total. The zero-order chi connectivity index (χ0) is 14.2. The summed E-state index contributed by atoms with van der Waals surface area (Å²) in [6.07, 6.45) is -0.634. The van der Waals surface area contributed by atoms with Gasteiger partial charge in [0.25, 0.3) is 5.91 Å². The van der Waals surface area contributed by atoms with Gasteiger partial charge in [0.1, 0.15) is 11.9 Å². The third kappa shape index (κ3) is 2.59. The average molecular weight is 288 g/mol. The topological polar surface area (TPSA) is 60.8 Å². The summed E-state index contributed by atoms with van der Waals surface area (Å²) in [5.74, 6) is -0.895. The fourth-order valence-electron chi connectivity index (χ4n) is 2.40. The molecule has 0 bridgehead atoms. The number of aliphatic hydroxyl groups is 2. The Morgan fingerprint density at radius 3 is 2.79 bits per heavy atom. The lowest BCUT2D eigenvalue weighted by Gasteiger charge is -2.26. The van der Waals surface area contributed by atoms with E-state index in [1.54, 1.807) is 6.92 Å². The van der Waals surface area contributed by atoms with Crippen LogP contribution < -0.4 is 0 Å². The van der Waals surface area contributed by atoms with Gasteiger partial charge in [0.05, 0.1) is 12.6 Å². The molecular formula is C13H15ClFNO3. The minimum absolute atomic E-state index is 0.136. The molecule has 1 unspecified atom stereocenters. The normalized spacial score (nSPS) is 21.0. The summed E-state index contributed by atoms with van der Waals surface area (Å²) in [5.41, 5.74) is 0.875. The van der Waals surface area contributed by atoms with E-state index < -0.39 is 18.0 Å². The summed E-state index contributed by atoms with van der Waals surface area (Å²) in [5, 5.41) is 18.9. The number of amides is 1. The van der Waals surface area contributed by atoms with Gasteiger partial charge in [-0.15, -0.1) is 0 Å². The first kappa shape index (κ1) is 14.2. The minimum atomic E-state index is -0.996. The molecule has 2 rings (SSSR count). The maximum absolute atomic E-state index is 13.4. The van der Waals surface area contributed by atoms with Crippen LogP contribution in [-0.2, 0) is 11.4 Å². The van der Waals surface area contributed by atoms with Crippen molar-refractivity contribution in [2.75, 3.05) is 6.54 Å². The lowest BCUT2D eigenvalue weighted by molar-refractivity contribution is -0.136. The molecule has 1 aromatic carbocycles. The minimum Gasteiger partial charge on any atom is -0.392 e. The van der Waals surface area contributed by atoms with Crippen molar-refractivity contribution in [2.45, 2.75) is 32.1 Å². The number of hydrogen-bond acceptors (Lipinski definition) is 3. The van der Waals surface area contributed by atoms with Crippen LogP contribution >= 0.6 is 11.6 Å². The Morgan fingerprint density at radius 2 is 2.26 bits per heavy atom. The molecule has 104 valence electrons. The first-order valence-electron chi connectivity index (χ1n) is 6.03. The molecule has 0 aromatic heterocycles. The fraction of sp³-hybridized carbons (Fsp3) is 0.462. The third-order valence-corrected chi connectivity index (χ3v) is 3.82. The number of halogens is 2. The van der Waals surface area contributed by atoms with Crippen molar-refractivity contribution < 1.29 is 19.4 Å². The van der Waals surface area contributed by atoms with E-state index in [-0.39, 0.29) is 17.5 Å². The fourth-order valence-corrected chi connectivity index (χ4v) is 2.67. The lowest BCUT2D eigenvalue weighted by Crippen LogP contribution is -2.32. The first-order valence-corrected chi connectivity index (χ1v) is 6.40. The summed E-state index contributed by atoms with van der Waals surface area (Å²) in [7, 11) is 0. The van der Waals surface area contributed by atoms with Crippen molar-refractivity contribution in [2.24, 2.45) is 0 Å². The van der Waals surface area contributed by atoms with Crippen LogP contribution in [-0.4, -0.2) is 33.7 Å². The zero-order valence-electron chi connectivity index (χ0n) is 10.4. The lowest BCUT2D eigenvalue weighted by atomic mass is 10.0. The van der Waals surface area contributed by atoms with E-state index in [1.165, 1.54) is 11.0 Å². The molecule has 0 aliphatic carbocycles. The van der Waals surface area contributed by atoms with Gasteiger partial charge in [-0.25, -0.2) is 4.39 Å². The van der Waals surface area contributed by atoms with Crippen molar-refractivity contribution in [3.05, 3.63) is 34.1 Å². The van der Waals surface area contributed by atoms with E-state index in [9.17, 15) is 19.4 Å². The Balaban J connectivity index is 2.38. The predicted octanol–water partition coefficient (Wildman–Crippen LogP) is 1.63. The standard InChI is InChI=1S/C13H15ClFNO3/c1-7(16-3-2-12(18)13(16)19)9-4-8(15)5-11(14)10(9)6-17/h4-5,7,12,17-18H,2-3,6H2,1H3/t7?,12-/m0/s1. The van der Waals surface area contributed by atoms with Crippen LogP contribution in [0.25, 0.3) is 0 Å². The van der Waals surface area contributed by atoms with Gasteiger partial charge >= 0.3 is 0 Å². The molecule has 0 radical (unpaired) electrons. The molecule has 1 aromatic rings. The van der Waals surface area contributed by atoms with Gasteiger partial charge in [-0.1, -0.05) is 11.6 Å². The summed E-state index contributed by atoms with van der Waals surface area (Å²) >= 11 is 5.90. The summed E-state index contributed by atoms with van der Waals surface area (Å²) in [6.45, 7) is 1.80. The molecule has 1 heterocycles. The highest BCUT2D eigenvalue weighted by atomic mass is 35.5. The number of benzene rings is 1. The smallest absolute Gasteiger partial charge is 0.251 e. The highest BCUT2D eigenvalue weighted by Gasteiger charge is 2.34. The van der Waals surface area contributed by atoms with Crippen LogP contribution in [0.3, 0.4) is 0 Å². The van der Waals surface area contributed by atoms with Crippen LogP contribution in [0.1, 0.15) is 30.5 Å². The molecule has 1 saturated heterocycles. The Kier molecular flexibility index (Phi) is 4.08. The van der Waals surface area contributed by atoms with Gasteiger partial charge < -0.3 is 15.1 Å². The number of rotatable bonds is 3. The SMILES string of the molecule is CC(c1cc(F)cc(Cl)c1CO)N1CC[C@H](O)C1=O. The molecule has 2 atom stereocenters. The number of carbonyl (C=O) groups excluding carboxylic acids is 1. The molecule has 1 aliphatic rings. The van der Waals surface area contributed by atoms with E-state index in [4.69, 9.17) is 11.6 Å². The van der Waals surface area contributed by atoms with Crippen LogP contribution in [0.5, 0.6) is 0 Å². The molecule has 1 fully saturated rings. The molecule has 6 heteroatoms. The van der Waals surface area contributed by atoms with Crippen molar-refractivity contribution in [3.63, 3.8) is 0 Å². The highest BCUT2D eigenvalue weighted by Crippen LogP contribution is 2.32. The monoisotopic (exact) mass is 287 g/mol. The molecule has 1 amide bonds. The van der Waals surface area contributed by atoms with Crippen LogP contribution in [0.2, 0.25) is 5.02 Å². The second-order valence-corrected chi connectivity index (χ2v) is 5.03. The molecule has 1 aliphatic heterocycles. The molecular weight excluding hydrogens is 273 g/mol. The van der Waals surface area contributed by atoms with Gasteiger partial charge in [0.15, 0.2) is 0 Å². The van der Waals surface area contributed by atoms with Crippen molar-refractivity contribution in [1.82, 2.24) is 4.90 Å². The summed E-state index contributed by atoms with van der Waals surface area (Å²) < 4.78 is 13.4.